The van der Waals surface area contributed by atoms with Crippen molar-refractivity contribution in [3.63, 3.8) is 0 Å². The summed E-state index contributed by atoms with van der Waals surface area (Å²) in [6, 6.07) is 20.8. The second-order valence-electron chi connectivity index (χ2n) is 16.2. The smallest absolute Gasteiger partial charge is 0.225 e. The van der Waals surface area contributed by atoms with E-state index in [-0.39, 0.29) is 47.4 Å². The number of nitrogens with one attached hydrogen (secondary N) is 1. The van der Waals surface area contributed by atoms with Gasteiger partial charge in [0.15, 0.2) is 5.78 Å². The van der Waals surface area contributed by atoms with E-state index < -0.39 is 12.0 Å². The van der Waals surface area contributed by atoms with Crippen molar-refractivity contribution >= 4 is 17.6 Å². The van der Waals surface area contributed by atoms with Crippen molar-refractivity contribution in [2.45, 2.75) is 109 Å². The first-order chi connectivity index (χ1) is 25.6. The zero-order valence-corrected chi connectivity index (χ0v) is 31.9. The Bertz CT molecular complexity index is 1610. The molecule has 5 rings (SSSR count). The van der Waals surface area contributed by atoms with Gasteiger partial charge in [0.25, 0.3) is 0 Å². The van der Waals surface area contributed by atoms with E-state index in [4.69, 9.17) is 17.2 Å². The van der Waals surface area contributed by atoms with Crippen LogP contribution in [0.1, 0.15) is 99.9 Å². The van der Waals surface area contributed by atoms with Gasteiger partial charge >= 0.3 is 0 Å². The number of rotatable bonds is 19. The Balaban J connectivity index is 1.23. The summed E-state index contributed by atoms with van der Waals surface area (Å²) in [6.45, 7) is 6.32. The number of ketones is 1. The van der Waals surface area contributed by atoms with Gasteiger partial charge in [-0.2, -0.15) is 0 Å². The maximum absolute atomic E-state index is 14.2. The fraction of sp³-hybridized carbons (Fsp3) is 0.545. The lowest BCUT2D eigenvalue weighted by Gasteiger charge is -2.43. The van der Waals surface area contributed by atoms with Crippen LogP contribution in [0, 0.1) is 23.2 Å². The first-order valence-electron chi connectivity index (χ1n) is 19.9. The third kappa shape index (κ3) is 11.1. The van der Waals surface area contributed by atoms with E-state index in [0.29, 0.717) is 51.2 Å². The number of nitrogens with zero attached hydrogens (tertiary/aromatic N) is 2. The minimum Gasteiger partial charge on any atom is -0.353 e. The lowest BCUT2D eigenvalue weighted by Crippen LogP contribution is -2.48. The molecule has 1 aliphatic carbocycles. The van der Waals surface area contributed by atoms with Gasteiger partial charge < -0.3 is 27.4 Å². The minimum atomic E-state index is -0.684. The average Bonchev–Trinajstić information content (AvgIpc) is 3.43. The number of fused-ring (bicyclic) bond motifs is 1. The van der Waals surface area contributed by atoms with Gasteiger partial charge in [-0.3, -0.25) is 19.4 Å². The van der Waals surface area contributed by atoms with Crippen LogP contribution in [0.4, 0.5) is 0 Å². The van der Waals surface area contributed by atoms with Gasteiger partial charge in [0, 0.05) is 55.8 Å². The van der Waals surface area contributed by atoms with Gasteiger partial charge in [0.2, 0.25) is 11.8 Å². The molecular formula is C44H62N6O3. The van der Waals surface area contributed by atoms with Crippen LogP contribution in [0.15, 0.2) is 79.1 Å². The average molecular weight is 723 g/mol. The maximum Gasteiger partial charge on any atom is 0.225 e. The van der Waals surface area contributed by atoms with Crippen LogP contribution in [0.5, 0.6) is 0 Å². The Morgan fingerprint density at radius 3 is 2.17 bits per heavy atom. The standard InChI is InChI=1S/C44H62N6O3/c1-31(2)25-37(49-42(52)35(26-32-11-5-3-6-12-32)28-40(51)39(46)27-33-13-7-4-8-14-33)17-16-34(15-9-10-21-45)43(53)50-23-19-44(20-24-50)29-36-30-48-22-18-38(36)41(44)47/h3-8,11-14,18,22,30-31,34-35,37,39,41H,9-10,15-17,19-21,23-29,45-47H2,1-2H3,(H,49,52)/t34-,35-,37-,39+,41+/m0/s1. The molecule has 2 aromatic carbocycles. The molecule has 286 valence electrons. The molecule has 53 heavy (non-hydrogen) atoms. The fourth-order valence-corrected chi connectivity index (χ4v) is 8.62. The van der Waals surface area contributed by atoms with E-state index in [2.05, 4.69) is 35.1 Å². The number of aromatic nitrogens is 1. The number of nitrogens with two attached hydrogens (primary N) is 3. The molecule has 0 bridgehead atoms. The zero-order valence-electron chi connectivity index (χ0n) is 31.9. The van der Waals surface area contributed by atoms with E-state index in [1.807, 2.05) is 73.1 Å². The highest BCUT2D eigenvalue weighted by molar-refractivity contribution is 5.90. The van der Waals surface area contributed by atoms with Gasteiger partial charge in [-0.15, -0.1) is 0 Å². The molecule has 0 radical (unpaired) electrons. The number of Topliss-reactive ketones (excluding diaryl/α,β-unsaturated/α-hetero) is 1. The number of unbranched alkanes of at least 4 members (excludes halogenated alkanes) is 1. The van der Waals surface area contributed by atoms with Crippen LogP contribution in [0.2, 0.25) is 0 Å². The van der Waals surface area contributed by atoms with Crippen molar-refractivity contribution in [2.24, 2.45) is 40.4 Å². The Hall–Kier alpha value is -3.92. The highest BCUT2D eigenvalue weighted by Gasteiger charge is 2.47. The molecule has 2 heterocycles. The predicted molar refractivity (Wildman–Crippen MR) is 212 cm³/mol. The number of piperidine rings is 1. The Morgan fingerprint density at radius 1 is 0.887 bits per heavy atom. The van der Waals surface area contributed by atoms with Crippen LogP contribution in [-0.2, 0) is 33.6 Å². The molecule has 1 aliphatic heterocycles. The second-order valence-corrected chi connectivity index (χ2v) is 16.2. The largest absolute Gasteiger partial charge is 0.353 e. The monoisotopic (exact) mass is 722 g/mol. The van der Waals surface area contributed by atoms with E-state index in [1.165, 1.54) is 11.1 Å². The number of carbonyl (C=O) groups is 3. The van der Waals surface area contributed by atoms with Crippen molar-refractivity contribution in [2.75, 3.05) is 19.6 Å². The highest BCUT2D eigenvalue weighted by atomic mass is 16.2. The number of pyridine rings is 1. The van der Waals surface area contributed by atoms with Crippen molar-refractivity contribution in [3.05, 3.63) is 101 Å². The van der Waals surface area contributed by atoms with E-state index in [9.17, 15) is 14.4 Å². The van der Waals surface area contributed by atoms with Crippen molar-refractivity contribution in [1.82, 2.24) is 15.2 Å². The lowest BCUT2D eigenvalue weighted by atomic mass is 9.73. The zero-order chi connectivity index (χ0) is 37.8. The van der Waals surface area contributed by atoms with Crippen molar-refractivity contribution < 1.29 is 14.4 Å². The molecule has 0 saturated carbocycles. The van der Waals surface area contributed by atoms with Gasteiger partial charge in [0.1, 0.15) is 0 Å². The van der Waals surface area contributed by atoms with Gasteiger partial charge in [0.05, 0.1) is 6.04 Å². The third-order valence-electron chi connectivity index (χ3n) is 11.7. The van der Waals surface area contributed by atoms with E-state index in [0.717, 1.165) is 56.1 Å². The number of benzene rings is 2. The highest BCUT2D eigenvalue weighted by Crippen LogP contribution is 2.50. The number of likely N-dealkylation sites (tertiary alicyclic amines) is 1. The molecular weight excluding hydrogens is 661 g/mol. The normalized spacial score (nSPS) is 18.7. The second kappa shape index (κ2) is 19.4. The molecule has 2 amide bonds. The molecule has 1 fully saturated rings. The molecule has 5 atom stereocenters. The topological polar surface area (TPSA) is 157 Å². The molecule has 1 saturated heterocycles. The summed E-state index contributed by atoms with van der Waals surface area (Å²) in [5, 5.41) is 3.35. The molecule has 9 heteroatoms. The van der Waals surface area contributed by atoms with Gasteiger partial charge in [-0.25, -0.2) is 0 Å². The van der Waals surface area contributed by atoms with Crippen LogP contribution >= 0.6 is 0 Å². The van der Waals surface area contributed by atoms with Crippen LogP contribution in [-0.4, -0.2) is 59.2 Å². The third-order valence-corrected chi connectivity index (χ3v) is 11.7. The molecule has 7 N–H and O–H groups in total. The predicted octanol–water partition coefficient (Wildman–Crippen LogP) is 5.69. The Morgan fingerprint density at radius 2 is 1.55 bits per heavy atom. The quantitative estimate of drug-likeness (QED) is 0.116. The number of hydrogen-bond donors (Lipinski definition) is 4. The van der Waals surface area contributed by atoms with Crippen LogP contribution in [0.25, 0.3) is 0 Å². The van der Waals surface area contributed by atoms with Crippen molar-refractivity contribution in [1.29, 1.82) is 0 Å². The molecule has 1 aromatic heterocycles. The Labute approximate surface area is 316 Å². The minimum absolute atomic E-state index is 0.0209. The van der Waals surface area contributed by atoms with Crippen molar-refractivity contribution in [3.8, 4) is 0 Å². The first kappa shape index (κ1) is 40.3. The number of carbonyl (C=O) groups excluding carboxylic acids is 3. The van der Waals surface area contributed by atoms with E-state index >= 15 is 0 Å². The van der Waals surface area contributed by atoms with Gasteiger partial charge in [-0.1, -0.05) is 80.9 Å². The molecule has 3 aromatic rings. The molecule has 1 spiro atoms. The molecule has 2 aliphatic rings. The SMILES string of the molecule is CC(C)C[C@H](CC[C@H](CCCCN)C(=O)N1CCC2(CC1)Cc1cnccc1[C@H]2N)NC(=O)[C@H](CC(=O)[C@H](N)Cc1ccccc1)Cc1ccccc1. The summed E-state index contributed by atoms with van der Waals surface area (Å²) in [4.78, 5) is 48.2. The summed E-state index contributed by atoms with van der Waals surface area (Å²) < 4.78 is 0. The first-order valence-corrected chi connectivity index (χ1v) is 19.9. The summed E-state index contributed by atoms with van der Waals surface area (Å²) in [6.07, 6.45) is 12.1. The van der Waals surface area contributed by atoms with Gasteiger partial charge in [-0.05, 0) is 110 Å². The number of hydrogen-bond acceptors (Lipinski definition) is 7. The molecule has 0 unspecified atom stereocenters. The summed E-state index contributed by atoms with van der Waals surface area (Å²) >= 11 is 0. The fourth-order valence-electron chi connectivity index (χ4n) is 8.62. The maximum atomic E-state index is 14.2. The van der Waals surface area contributed by atoms with Crippen LogP contribution < -0.4 is 22.5 Å². The number of amides is 2. The van der Waals surface area contributed by atoms with E-state index in [1.54, 1.807) is 0 Å². The van der Waals surface area contributed by atoms with Crippen LogP contribution in [0.3, 0.4) is 0 Å². The summed E-state index contributed by atoms with van der Waals surface area (Å²) in [5.41, 5.74) is 23.5. The summed E-state index contributed by atoms with van der Waals surface area (Å²) in [5.74, 6) is -0.383. The summed E-state index contributed by atoms with van der Waals surface area (Å²) in [7, 11) is 0. The lowest BCUT2D eigenvalue weighted by molar-refractivity contribution is -0.138. The molecule has 9 nitrogen and oxygen atoms in total. The Kier molecular flexibility index (Phi) is 14.8.